The van der Waals surface area contributed by atoms with Crippen LogP contribution in [0.25, 0.3) is 10.9 Å². The van der Waals surface area contributed by atoms with Gasteiger partial charge in [0.1, 0.15) is 11.6 Å². The van der Waals surface area contributed by atoms with Crippen LogP contribution < -0.4 is 5.32 Å². The molecule has 0 saturated heterocycles. The number of H-pyrrole nitrogens is 1. The lowest BCUT2D eigenvalue weighted by Crippen LogP contribution is -2.46. The van der Waals surface area contributed by atoms with Crippen molar-refractivity contribution >= 4 is 23.0 Å². The van der Waals surface area contributed by atoms with E-state index < -0.39 is 29.6 Å². The third-order valence-electron chi connectivity index (χ3n) is 3.55. The fourth-order valence-electron chi connectivity index (χ4n) is 2.49. The van der Waals surface area contributed by atoms with Crippen molar-refractivity contribution in [1.29, 1.82) is 0 Å². The van der Waals surface area contributed by atoms with Crippen LogP contribution in [0.15, 0.2) is 30.5 Å². The highest BCUT2D eigenvalue weighted by atomic mass is 16.6. The number of aromatic amines is 1. The molecule has 3 N–H and O–H groups in total. The number of ether oxygens (including phenoxy) is 1. The number of carboxylic acid groups (broad SMARTS) is 1. The number of alkyl carbamates (subject to hydrolysis) is 1. The molecule has 0 saturated carbocycles. The van der Waals surface area contributed by atoms with Crippen LogP contribution >= 0.6 is 0 Å². The summed E-state index contributed by atoms with van der Waals surface area (Å²) in [4.78, 5) is 26.6. The van der Waals surface area contributed by atoms with E-state index in [2.05, 4.69) is 10.3 Å². The van der Waals surface area contributed by atoms with Crippen LogP contribution in [0.5, 0.6) is 0 Å². The molecule has 0 fully saturated rings. The summed E-state index contributed by atoms with van der Waals surface area (Å²) >= 11 is 0. The number of carbonyl (C=O) groups is 2. The molecular weight excluding hydrogens is 296 g/mol. The van der Waals surface area contributed by atoms with E-state index in [4.69, 9.17) is 4.74 Å². The van der Waals surface area contributed by atoms with Crippen LogP contribution in [-0.2, 0) is 9.53 Å². The molecule has 1 unspecified atom stereocenters. The van der Waals surface area contributed by atoms with Crippen LogP contribution in [0.2, 0.25) is 0 Å². The van der Waals surface area contributed by atoms with Crippen molar-refractivity contribution in [3.63, 3.8) is 0 Å². The number of para-hydroxylation sites is 1. The number of aromatic nitrogens is 1. The number of nitrogens with one attached hydrogen (secondary N) is 2. The van der Waals surface area contributed by atoms with E-state index in [0.29, 0.717) is 0 Å². The van der Waals surface area contributed by atoms with Crippen molar-refractivity contribution in [1.82, 2.24) is 10.3 Å². The quantitative estimate of drug-likeness (QED) is 0.807. The van der Waals surface area contributed by atoms with E-state index in [0.717, 1.165) is 16.5 Å². The van der Waals surface area contributed by atoms with E-state index in [-0.39, 0.29) is 0 Å². The van der Waals surface area contributed by atoms with Gasteiger partial charge >= 0.3 is 12.1 Å². The average Bonchev–Trinajstić information content (AvgIpc) is 2.85. The van der Waals surface area contributed by atoms with Crippen molar-refractivity contribution in [3.8, 4) is 0 Å². The molecule has 1 aromatic heterocycles. The molecule has 23 heavy (non-hydrogen) atoms. The summed E-state index contributed by atoms with van der Waals surface area (Å²) in [6, 6.07) is 6.56. The van der Waals surface area contributed by atoms with Gasteiger partial charge < -0.3 is 20.1 Å². The largest absolute Gasteiger partial charge is 0.480 e. The maximum Gasteiger partial charge on any atom is 0.408 e. The summed E-state index contributed by atoms with van der Waals surface area (Å²) in [6.45, 7) is 6.95. The summed E-state index contributed by atoms with van der Waals surface area (Å²) in [5, 5.41) is 12.9. The minimum Gasteiger partial charge on any atom is -0.480 e. The second-order valence-corrected chi connectivity index (χ2v) is 6.54. The lowest BCUT2D eigenvalue weighted by molar-refractivity contribution is -0.140. The van der Waals surface area contributed by atoms with E-state index >= 15 is 0 Å². The van der Waals surface area contributed by atoms with Gasteiger partial charge in [-0.1, -0.05) is 25.1 Å². The number of amides is 1. The van der Waals surface area contributed by atoms with Gasteiger partial charge in [0.25, 0.3) is 0 Å². The maximum atomic E-state index is 11.9. The SMILES string of the molecule is CC(c1c[nH]c2ccccc12)[C@@H](NC(=O)OC(C)(C)C)C(=O)O. The fourth-order valence-corrected chi connectivity index (χ4v) is 2.49. The van der Waals surface area contributed by atoms with Gasteiger partial charge in [-0.2, -0.15) is 0 Å². The van der Waals surface area contributed by atoms with Crippen LogP contribution in [-0.4, -0.2) is 33.8 Å². The Hall–Kier alpha value is -2.50. The van der Waals surface area contributed by atoms with Gasteiger partial charge in [0.2, 0.25) is 0 Å². The molecule has 2 aromatic rings. The summed E-state index contributed by atoms with van der Waals surface area (Å²) < 4.78 is 5.15. The minimum atomic E-state index is -1.10. The van der Waals surface area contributed by atoms with Crippen LogP contribution in [0, 0.1) is 0 Å². The zero-order valence-electron chi connectivity index (χ0n) is 13.7. The molecule has 6 nitrogen and oxygen atoms in total. The van der Waals surface area contributed by atoms with Crippen molar-refractivity contribution in [2.45, 2.75) is 45.3 Å². The standard InChI is InChI=1S/C17H22N2O4/c1-10(12-9-18-13-8-6-5-7-11(12)13)14(15(20)21)19-16(22)23-17(2,3)4/h5-10,14,18H,1-4H3,(H,19,22)(H,20,21)/t10?,14-/m1/s1. The van der Waals surface area contributed by atoms with E-state index in [1.54, 1.807) is 33.9 Å². The fraction of sp³-hybridized carbons (Fsp3) is 0.412. The number of aliphatic carboxylic acids is 1. The summed E-state index contributed by atoms with van der Waals surface area (Å²) in [6.07, 6.45) is 1.04. The van der Waals surface area contributed by atoms with Crippen LogP contribution in [0.4, 0.5) is 4.79 Å². The second-order valence-electron chi connectivity index (χ2n) is 6.54. The summed E-state index contributed by atoms with van der Waals surface area (Å²) in [5.41, 5.74) is 1.08. The summed E-state index contributed by atoms with van der Waals surface area (Å²) in [5.74, 6) is -1.52. The molecular formula is C17H22N2O4. The Morgan fingerprint density at radius 2 is 1.91 bits per heavy atom. The van der Waals surface area contributed by atoms with Gasteiger partial charge in [-0.25, -0.2) is 9.59 Å². The first-order valence-electron chi connectivity index (χ1n) is 7.47. The van der Waals surface area contributed by atoms with Crippen molar-refractivity contribution in [2.75, 3.05) is 0 Å². The Morgan fingerprint density at radius 3 is 2.52 bits per heavy atom. The highest BCUT2D eigenvalue weighted by Gasteiger charge is 2.30. The monoisotopic (exact) mass is 318 g/mol. The number of carbonyl (C=O) groups excluding carboxylic acids is 1. The van der Waals surface area contributed by atoms with Gasteiger partial charge in [-0.05, 0) is 32.4 Å². The van der Waals surface area contributed by atoms with E-state index in [9.17, 15) is 14.7 Å². The Balaban J connectivity index is 2.23. The highest BCUT2D eigenvalue weighted by molar-refractivity contribution is 5.86. The first-order valence-corrected chi connectivity index (χ1v) is 7.47. The molecule has 0 spiro atoms. The van der Waals surface area contributed by atoms with E-state index in [1.807, 2.05) is 24.3 Å². The maximum absolute atomic E-state index is 11.9. The van der Waals surface area contributed by atoms with Crippen molar-refractivity contribution < 1.29 is 19.4 Å². The molecule has 1 heterocycles. The molecule has 2 rings (SSSR count). The number of fused-ring (bicyclic) bond motifs is 1. The van der Waals surface area contributed by atoms with Crippen LogP contribution in [0.3, 0.4) is 0 Å². The first-order chi connectivity index (χ1) is 10.7. The lowest BCUT2D eigenvalue weighted by atomic mass is 9.93. The van der Waals surface area contributed by atoms with Crippen LogP contribution in [0.1, 0.15) is 39.2 Å². The van der Waals surface area contributed by atoms with Gasteiger partial charge in [0.05, 0.1) is 0 Å². The van der Waals surface area contributed by atoms with Gasteiger partial charge in [0.15, 0.2) is 0 Å². The topological polar surface area (TPSA) is 91.4 Å². The predicted octanol–water partition coefficient (Wildman–Crippen LogP) is 3.25. The molecule has 0 aliphatic rings. The third kappa shape index (κ3) is 4.03. The minimum absolute atomic E-state index is 0.420. The number of rotatable bonds is 4. The van der Waals surface area contributed by atoms with Crippen molar-refractivity contribution in [3.05, 3.63) is 36.0 Å². The molecule has 6 heteroatoms. The highest BCUT2D eigenvalue weighted by Crippen LogP contribution is 2.28. The Labute approximate surface area is 134 Å². The molecule has 0 aliphatic heterocycles. The number of carboxylic acids is 1. The zero-order chi connectivity index (χ0) is 17.2. The molecule has 1 amide bonds. The third-order valence-corrected chi connectivity index (χ3v) is 3.55. The molecule has 2 atom stereocenters. The Bertz CT molecular complexity index is 715. The number of benzene rings is 1. The molecule has 124 valence electrons. The first kappa shape index (κ1) is 16.9. The molecule has 0 radical (unpaired) electrons. The summed E-state index contributed by atoms with van der Waals surface area (Å²) in [7, 11) is 0. The molecule has 1 aromatic carbocycles. The van der Waals surface area contributed by atoms with Gasteiger partial charge in [-0.3, -0.25) is 0 Å². The van der Waals surface area contributed by atoms with Gasteiger partial charge in [-0.15, -0.1) is 0 Å². The smallest absolute Gasteiger partial charge is 0.408 e. The zero-order valence-corrected chi connectivity index (χ0v) is 13.7. The lowest BCUT2D eigenvalue weighted by Gasteiger charge is -2.24. The Morgan fingerprint density at radius 1 is 1.26 bits per heavy atom. The normalized spacial score (nSPS) is 14.3. The molecule has 0 aliphatic carbocycles. The Kier molecular flexibility index (Phi) is 4.63. The number of hydrogen-bond acceptors (Lipinski definition) is 3. The van der Waals surface area contributed by atoms with Crippen molar-refractivity contribution in [2.24, 2.45) is 0 Å². The second kappa shape index (κ2) is 6.32. The predicted molar refractivity (Wildman–Crippen MR) is 87.5 cm³/mol. The average molecular weight is 318 g/mol. The van der Waals surface area contributed by atoms with E-state index in [1.165, 1.54) is 0 Å². The molecule has 0 bridgehead atoms. The number of hydrogen-bond donors (Lipinski definition) is 3. The van der Waals surface area contributed by atoms with Gasteiger partial charge in [0, 0.05) is 23.0 Å².